The smallest absolute Gasteiger partial charge is 0.288 e. The Balaban J connectivity index is 2.08. The predicted molar refractivity (Wildman–Crippen MR) is 75.4 cm³/mol. The Kier molecular flexibility index (Phi) is 4.59. The van der Waals surface area contributed by atoms with Gasteiger partial charge in [-0.1, -0.05) is 17.7 Å². The first-order valence-corrected chi connectivity index (χ1v) is 6.28. The molecular formula is C14H11ClFNO4. The number of nitro benzene ring substituents is 1. The average Bonchev–Trinajstić information content (AvgIpc) is 2.45. The highest BCUT2D eigenvalue weighted by Crippen LogP contribution is 2.29. The molecule has 2 aromatic rings. The first kappa shape index (κ1) is 15.1. The van der Waals surface area contributed by atoms with Gasteiger partial charge in [-0.15, -0.1) is 0 Å². The van der Waals surface area contributed by atoms with Crippen molar-refractivity contribution >= 4 is 17.3 Å². The normalized spacial score (nSPS) is 10.2. The molecule has 0 aliphatic carbocycles. The van der Waals surface area contributed by atoms with Gasteiger partial charge < -0.3 is 9.47 Å². The van der Waals surface area contributed by atoms with Crippen molar-refractivity contribution in [3.05, 3.63) is 62.9 Å². The average molecular weight is 312 g/mol. The molecule has 0 fully saturated rings. The molecule has 0 atom stereocenters. The van der Waals surface area contributed by atoms with Crippen LogP contribution in [-0.4, -0.2) is 12.0 Å². The highest BCUT2D eigenvalue weighted by molar-refractivity contribution is 6.32. The molecule has 0 unspecified atom stereocenters. The van der Waals surface area contributed by atoms with Crippen molar-refractivity contribution in [2.45, 2.75) is 6.61 Å². The van der Waals surface area contributed by atoms with Gasteiger partial charge in [0.1, 0.15) is 17.4 Å². The van der Waals surface area contributed by atoms with Crippen LogP contribution in [0, 0.1) is 15.9 Å². The van der Waals surface area contributed by atoms with E-state index in [1.807, 2.05) is 0 Å². The number of methoxy groups -OCH3 is 1. The van der Waals surface area contributed by atoms with Gasteiger partial charge in [0, 0.05) is 12.1 Å². The number of ether oxygens (including phenoxy) is 2. The number of benzene rings is 2. The van der Waals surface area contributed by atoms with E-state index in [1.54, 1.807) is 6.07 Å². The zero-order valence-electron chi connectivity index (χ0n) is 11.0. The SMILES string of the molecule is COc1ccc(COc2ccc([N+](=O)[O-])c(Cl)c2)cc1F. The number of halogens is 2. The van der Waals surface area contributed by atoms with E-state index < -0.39 is 10.7 Å². The van der Waals surface area contributed by atoms with Crippen molar-refractivity contribution in [2.75, 3.05) is 7.11 Å². The van der Waals surface area contributed by atoms with Crippen LogP contribution < -0.4 is 9.47 Å². The number of rotatable bonds is 5. The minimum absolute atomic E-state index is 0.0154. The van der Waals surface area contributed by atoms with Crippen LogP contribution in [0.25, 0.3) is 0 Å². The molecule has 0 amide bonds. The zero-order valence-corrected chi connectivity index (χ0v) is 11.8. The van der Waals surface area contributed by atoms with Crippen LogP contribution in [0.15, 0.2) is 36.4 Å². The summed E-state index contributed by atoms with van der Waals surface area (Å²) in [5.74, 6) is 0.0271. The molecule has 0 aromatic heterocycles. The van der Waals surface area contributed by atoms with Gasteiger partial charge in [-0.25, -0.2) is 4.39 Å². The lowest BCUT2D eigenvalue weighted by atomic mass is 10.2. The molecule has 110 valence electrons. The molecule has 5 nitrogen and oxygen atoms in total. The number of hydrogen-bond acceptors (Lipinski definition) is 4. The third kappa shape index (κ3) is 3.61. The van der Waals surface area contributed by atoms with Crippen molar-refractivity contribution in [3.8, 4) is 11.5 Å². The fraction of sp³-hybridized carbons (Fsp3) is 0.143. The van der Waals surface area contributed by atoms with Crippen LogP contribution >= 0.6 is 11.6 Å². The number of nitrogens with zero attached hydrogens (tertiary/aromatic N) is 1. The third-order valence-electron chi connectivity index (χ3n) is 2.74. The lowest BCUT2D eigenvalue weighted by Crippen LogP contribution is -1.98. The largest absolute Gasteiger partial charge is 0.494 e. The molecule has 2 rings (SSSR count). The van der Waals surface area contributed by atoms with E-state index in [9.17, 15) is 14.5 Å². The molecule has 0 saturated carbocycles. The van der Waals surface area contributed by atoms with E-state index in [-0.39, 0.29) is 23.1 Å². The van der Waals surface area contributed by atoms with Gasteiger partial charge in [-0.2, -0.15) is 0 Å². The minimum Gasteiger partial charge on any atom is -0.494 e. The van der Waals surface area contributed by atoms with Gasteiger partial charge >= 0.3 is 0 Å². The molecule has 0 saturated heterocycles. The summed E-state index contributed by atoms with van der Waals surface area (Å²) in [6.45, 7) is 0.106. The van der Waals surface area contributed by atoms with Crippen LogP contribution in [0.2, 0.25) is 5.02 Å². The lowest BCUT2D eigenvalue weighted by Gasteiger charge is -2.08. The second kappa shape index (κ2) is 6.41. The maximum atomic E-state index is 13.5. The first-order valence-electron chi connectivity index (χ1n) is 5.90. The molecule has 2 aromatic carbocycles. The highest BCUT2D eigenvalue weighted by atomic mass is 35.5. The van der Waals surface area contributed by atoms with E-state index in [0.717, 1.165) is 0 Å². The Labute approximate surface area is 125 Å². The number of nitro groups is 1. The molecule has 0 spiro atoms. The Bertz CT molecular complexity index is 678. The van der Waals surface area contributed by atoms with Gasteiger partial charge in [0.2, 0.25) is 0 Å². The molecule has 21 heavy (non-hydrogen) atoms. The maximum Gasteiger partial charge on any atom is 0.288 e. The first-order chi connectivity index (χ1) is 10.0. The summed E-state index contributed by atoms with van der Waals surface area (Å²) in [5, 5.41) is 10.6. The van der Waals surface area contributed by atoms with E-state index >= 15 is 0 Å². The van der Waals surface area contributed by atoms with E-state index in [0.29, 0.717) is 11.3 Å². The van der Waals surface area contributed by atoms with Crippen molar-refractivity contribution < 1.29 is 18.8 Å². The summed E-state index contributed by atoms with van der Waals surface area (Å²) in [4.78, 5) is 10.1. The van der Waals surface area contributed by atoms with Gasteiger partial charge in [0.05, 0.1) is 12.0 Å². The molecule has 0 aliphatic rings. The Morgan fingerprint density at radius 1 is 1.29 bits per heavy atom. The van der Waals surface area contributed by atoms with Gasteiger partial charge in [0.15, 0.2) is 11.6 Å². The standard InChI is InChI=1S/C14H11ClFNO4/c1-20-14-5-2-9(6-12(14)16)8-21-10-3-4-13(17(18)19)11(15)7-10/h2-7H,8H2,1H3. The fourth-order valence-electron chi connectivity index (χ4n) is 1.69. The molecule has 0 bridgehead atoms. The van der Waals surface area contributed by atoms with Gasteiger partial charge in [-0.3, -0.25) is 10.1 Å². The Morgan fingerprint density at radius 3 is 2.62 bits per heavy atom. The van der Waals surface area contributed by atoms with E-state index in [1.165, 1.54) is 37.4 Å². The molecule has 0 N–H and O–H groups in total. The van der Waals surface area contributed by atoms with Crippen molar-refractivity contribution in [2.24, 2.45) is 0 Å². The topological polar surface area (TPSA) is 61.6 Å². The van der Waals surface area contributed by atoms with Crippen molar-refractivity contribution in [1.82, 2.24) is 0 Å². The monoisotopic (exact) mass is 311 g/mol. The van der Waals surface area contributed by atoms with Crippen LogP contribution in [0.1, 0.15) is 5.56 Å². The number of hydrogen-bond donors (Lipinski definition) is 0. The summed E-state index contributed by atoms with van der Waals surface area (Å²) in [6, 6.07) is 8.49. The van der Waals surface area contributed by atoms with Crippen LogP contribution in [0.5, 0.6) is 11.5 Å². The summed E-state index contributed by atoms with van der Waals surface area (Å²) in [5.41, 5.74) is 0.405. The minimum atomic E-state index is -0.578. The zero-order chi connectivity index (χ0) is 15.4. The van der Waals surface area contributed by atoms with Crippen LogP contribution in [0.4, 0.5) is 10.1 Å². The maximum absolute atomic E-state index is 13.5. The second-order valence-electron chi connectivity index (χ2n) is 4.13. The molecule has 0 aliphatic heterocycles. The van der Waals surface area contributed by atoms with Crippen molar-refractivity contribution in [3.63, 3.8) is 0 Å². The summed E-state index contributed by atoms with van der Waals surface area (Å²) in [7, 11) is 1.38. The van der Waals surface area contributed by atoms with Gasteiger partial charge in [-0.05, 0) is 23.8 Å². The summed E-state index contributed by atoms with van der Waals surface area (Å²) >= 11 is 5.77. The molecule has 7 heteroatoms. The Morgan fingerprint density at radius 2 is 2.05 bits per heavy atom. The predicted octanol–water partition coefficient (Wildman–Crippen LogP) is 3.97. The lowest BCUT2D eigenvalue weighted by molar-refractivity contribution is -0.384. The molecule has 0 radical (unpaired) electrons. The summed E-state index contributed by atoms with van der Waals surface area (Å²) in [6.07, 6.45) is 0. The molecule has 0 heterocycles. The Hall–Kier alpha value is -2.34. The third-order valence-corrected chi connectivity index (χ3v) is 3.04. The van der Waals surface area contributed by atoms with Crippen LogP contribution in [-0.2, 0) is 6.61 Å². The van der Waals surface area contributed by atoms with Crippen LogP contribution in [0.3, 0.4) is 0 Å². The quantitative estimate of drug-likeness (QED) is 0.619. The van der Waals surface area contributed by atoms with E-state index in [2.05, 4.69) is 0 Å². The molecular weight excluding hydrogens is 301 g/mol. The van der Waals surface area contributed by atoms with Crippen molar-refractivity contribution in [1.29, 1.82) is 0 Å². The van der Waals surface area contributed by atoms with Gasteiger partial charge in [0.25, 0.3) is 5.69 Å². The summed E-state index contributed by atoms with van der Waals surface area (Å²) < 4.78 is 23.7. The second-order valence-corrected chi connectivity index (χ2v) is 4.54. The van der Waals surface area contributed by atoms with E-state index in [4.69, 9.17) is 21.1 Å². The highest BCUT2D eigenvalue weighted by Gasteiger charge is 2.12. The fourth-order valence-corrected chi connectivity index (χ4v) is 1.93.